The Morgan fingerprint density at radius 1 is 1.21 bits per heavy atom. The molecule has 0 N–H and O–H groups in total. The molecule has 2 aliphatic rings. The van der Waals surface area contributed by atoms with E-state index in [-0.39, 0.29) is 9.52 Å². The topological polar surface area (TPSA) is 0 Å². The van der Waals surface area contributed by atoms with Crippen molar-refractivity contribution in [3.8, 4) is 0 Å². The van der Waals surface area contributed by atoms with Crippen molar-refractivity contribution in [2.75, 3.05) is 0 Å². The summed E-state index contributed by atoms with van der Waals surface area (Å²) in [5, 5.41) is 0.553. The first-order valence-electron chi connectivity index (χ1n) is 8.01. The number of unbranched alkanes of at least 4 members (excludes halogenated alkanes) is 2. The van der Waals surface area contributed by atoms with Crippen molar-refractivity contribution < 1.29 is 0 Å². The minimum Gasteiger partial charge on any atom is -0.0840 e. The Bertz CT molecular complexity index is 400. The van der Waals surface area contributed by atoms with Gasteiger partial charge in [0.05, 0.1) is 0 Å². The average Bonchev–Trinajstić information content (AvgIpc) is 2.87. The first-order valence-corrected chi connectivity index (χ1v) is 9.53. The summed E-state index contributed by atoms with van der Waals surface area (Å²) in [7, 11) is -0.144. The van der Waals surface area contributed by atoms with Gasteiger partial charge in [0.15, 0.2) is 0 Å². The van der Waals surface area contributed by atoms with E-state index in [4.69, 9.17) is 0 Å². The fraction of sp³-hybridized carbons (Fsp3) is 0.556. The number of allylic oxidation sites excluding steroid dienone is 8. The molecule has 0 aromatic carbocycles. The highest BCUT2D eigenvalue weighted by molar-refractivity contribution is 6.45. The van der Waals surface area contributed by atoms with Gasteiger partial charge in [0, 0.05) is 9.52 Å². The van der Waals surface area contributed by atoms with Gasteiger partial charge >= 0.3 is 0 Å². The molecular formula is C18H28Si. The second-order valence-corrected chi connectivity index (χ2v) is 8.80. The Balaban J connectivity index is 2.02. The van der Waals surface area contributed by atoms with Crippen molar-refractivity contribution in [2.45, 2.75) is 63.0 Å². The molecule has 0 aromatic heterocycles. The van der Waals surface area contributed by atoms with Crippen molar-refractivity contribution in [2.24, 2.45) is 0 Å². The molecule has 0 amide bonds. The molecule has 0 bridgehead atoms. The molecule has 19 heavy (non-hydrogen) atoms. The lowest BCUT2D eigenvalue weighted by Gasteiger charge is -2.34. The molecule has 0 radical (unpaired) electrons. The van der Waals surface area contributed by atoms with Crippen LogP contribution in [-0.4, -0.2) is 9.52 Å². The van der Waals surface area contributed by atoms with Gasteiger partial charge in [-0.1, -0.05) is 81.2 Å². The summed E-state index contributed by atoms with van der Waals surface area (Å²) in [5.74, 6) is 0. The van der Waals surface area contributed by atoms with Crippen LogP contribution >= 0.6 is 0 Å². The SMILES string of the molecule is CCCCCC1([SiH2]C2C=CC=C2CC)C=CC=CC1. The summed E-state index contributed by atoms with van der Waals surface area (Å²) in [4.78, 5) is 0. The Labute approximate surface area is 121 Å². The first kappa shape index (κ1) is 14.6. The maximum absolute atomic E-state index is 2.55. The molecule has 2 unspecified atom stereocenters. The number of hydrogen-bond acceptors (Lipinski definition) is 0. The molecule has 2 rings (SSSR count). The van der Waals surface area contributed by atoms with Crippen LogP contribution in [-0.2, 0) is 0 Å². The van der Waals surface area contributed by atoms with Gasteiger partial charge in [-0.15, -0.1) is 0 Å². The van der Waals surface area contributed by atoms with E-state index < -0.39 is 0 Å². The van der Waals surface area contributed by atoms with E-state index in [1.54, 1.807) is 5.57 Å². The predicted molar refractivity (Wildman–Crippen MR) is 89.5 cm³/mol. The molecule has 2 aliphatic carbocycles. The maximum Gasteiger partial charge on any atom is 0.0450 e. The fourth-order valence-corrected chi connectivity index (χ4v) is 6.37. The molecule has 0 spiro atoms. The monoisotopic (exact) mass is 272 g/mol. The third kappa shape index (κ3) is 3.82. The molecule has 2 atom stereocenters. The summed E-state index contributed by atoms with van der Waals surface area (Å²) in [6.45, 7) is 4.61. The highest BCUT2D eigenvalue weighted by Crippen LogP contribution is 2.45. The van der Waals surface area contributed by atoms with Gasteiger partial charge in [-0.25, -0.2) is 0 Å². The van der Waals surface area contributed by atoms with Crippen LogP contribution in [0.15, 0.2) is 48.1 Å². The van der Waals surface area contributed by atoms with Crippen LogP contribution in [0.5, 0.6) is 0 Å². The van der Waals surface area contributed by atoms with Crippen molar-refractivity contribution in [1.29, 1.82) is 0 Å². The zero-order chi connectivity index (χ0) is 13.6. The third-order valence-corrected chi connectivity index (χ3v) is 7.59. The summed E-state index contributed by atoms with van der Waals surface area (Å²) < 4.78 is 0. The van der Waals surface area contributed by atoms with Gasteiger partial charge in [-0.3, -0.25) is 0 Å². The second kappa shape index (κ2) is 7.09. The summed E-state index contributed by atoms with van der Waals surface area (Å²) in [5.41, 5.74) is 2.51. The minimum atomic E-state index is -0.144. The van der Waals surface area contributed by atoms with Crippen LogP contribution in [0.1, 0.15) is 52.4 Å². The van der Waals surface area contributed by atoms with Crippen molar-refractivity contribution in [3.05, 3.63) is 48.1 Å². The van der Waals surface area contributed by atoms with Crippen LogP contribution in [0.25, 0.3) is 0 Å². The third-order valence-electron chi connectivity index (χ3n) is 4.66. The Hall–Kier alpha value is -0.823. The molecule has 0 heterocycles. The van der Waals surface area contributed by atoms with Crippen LogP contribution in [0.2, 0.25) is 10.6 Å². The predicted octanol–water partition coefficient (Wildman–Crippen LogP) is 5.11. The van der Waals surface area contributed by atoms with Crippen molar-refractivity contribution in [1.82, 2.24) is 0 Å². The summed E-state index contributed by atoms with van der Waals surface area (Å²) >= 11 is 0. The smallest absolute Gasteiger partial charge is 0.0450 e. The fourth-order valence-electron chi connectivity index (χ4n) is 3.45. The molecule has 0 saturated heterocycles. The van der Waals surface area contributed by atoms with Gasteiger partial charge in [0.25, 0.3) is 0 Å². The Morgan fingerprint density at radius 2 is 2.11 bits per heavy atom. The zero-order valence-electron chi connectivity index (χ0n) is 12.6. The van der Waals surface area contributed by atoms with Gasteiger partial charge in [-0.05, 0) is 29.8 Å². The zero-order valence-corrected chi connectivity index (χ0v) is 14.0. The maximum atomic E-state index is 2.55. The Kier molecular flexibility index (Phi) is 5.44. The lowest BCUT2D eigenvalue weighted by molar-refractivity contribution is 0.551. The molecule has 0 nitrogen and oxygen atoms in total. The molecule has 0 fully saturated rings. The first-order chi connectivity index (χ1) is 9.29. The van der Waals surface area contributed by atoms with Crippen molar-refractivity contribution >= 4 is 9.52 Å². The second-order valence-electron chi connectivity index (χ2n) is 6.10. The molecule has 0 aliphatic heterocycles. The number of rotatable bonds is 7. The minimum absolute atomic E-state index is 0.144. The summed E-state index contributed by atoms with van der Waals surface area (Å²) in [6.07, 6.45) is 24.7. The lowest BCUT2D eigenvalue weighted by Crippen LogP contribution is -2.23. The normalized spacial score (nSPS) is 29.6. The lowest BCUT2D eigenvalue weighted by atomic mass is 9.93. The highest BCUT2D eigenvalue weighted by Gasteiger charge is 2.31. The van der Waals surface area contributed by atoms with E-state index in [2.05, 4.69) is 56.4 Å². The van der Waals surface area contributed by atoms with Crippen molar-refractivity contribution in [3.63, 3.8) is 0 Å². The molecular weight excluding hydrogens is 244 g/mol. The number of hydrogen-bond donors (Lipinski definition) is 0. The molecule has 104 valence electrons. The largest absolute Gasteiger partial charge is 0.0840 e. The molecule has 1 heteroatoms. The standard InChI is InChI=1S/C18H28Si/c1-3-5-7-13-18(14-8-6-9-15-18)19-17-12-10-11-16(17)4-2/h6,8-12,14,17H,3-5,7,13,15,19H2,1-2H3. The van der Waals surface area contributed by atoms with Crippen LogP contribution in [0.3, 0.4) is 0 Å². The van der Waals surface area contributed by atoms with Gasteiger partial charge in [0.2, 0.25) is 0 Å². The van der Waals surface area contributed by atoms with E-state index in [0.717, 1.165) is 5.54 Å². The van der Waals surface area contributed by atoms with Gasteiger partial charge < -0.3 is 0 Å². The van der Waals surface area contributed by atoms with E-state index in [1.165, 1.54) is 38.5 Å². The highest BCUT2D eigenvalue weighted by atomic mass is 28.2. The molecule has 0 aromatic rings. The van der Waals surface area contributed by atoms with Gasteiger partial charge in [0.1, 0.15) is 0 Å². The van der Waals surface area contributed by atoms with Crippen LogP contribution < -0.4 is 0 Å². The van der Waals surface area contributed by atoms with E-state index in [9.17, 15) is 0 Å². The Morgan fingerprint density at radius 3 is 2.79 bits per heavy atom. The van der Waals surface area contributed by atoms with E-state index in [1.807, 2.05) is 0 Å². The van der Waals surface area contributed by atoms with E-state index >= 15 is 0 Å². The van der Waals surface area contributed by atoms with Crippen LogP contribution in [0.4, 0.5) is 0 Å². The molecule has 0 saturated carbocycles. The van der Waals surface area contributed by atoms with Gasteiger partial charge in [-0.2, -0.15) is 0 Å². The average molecular weight is 273 g/mol. The van der Waals surface area contributed by atoms with E-state index in [0.29, 0.717) is 5.04 Å². The quantitative estimate of drug-likeness (QED) is 0.446. The summed E-state index contributed by atoms with van der Waals surface area (Å²) in [6, 6.07) is 0. The van der Waals surface area contributed by atoms with Crippen LogP contribution in [0, 0.1) is 0 Å².